The van der Waals surface area contributed by atoms with Gasteiger partial charge in [-0.2, -0.15) is 0 Å². The van der Waals surface area contributed by atoms with E-state index in [0.717, 1.165) is 50.1 Å². The van der Waals surface area contributed by atoms with Gasteiger partial charge in [-0.15, -0.1) is 0 Å². The summed E-state index contributed by atoms with van der Waals surface area (Å²) in [6, 6.07) is 75.9. The van der Waals surface area contributed by atoms with Gasteiger partial charge in [0.1, 0.15) is 11.2 Å². The van der Waals surface area contributed by atoms with Crippen LogP contribution in [0.4, 0.5) is 17.1 Å². The van der Waals surface area contributed by atoms with Crippen LogP contribution < -0.4 is 4.90 Å². The van der Waals surface area contributed by atoms with Gasteiger partial charge in [0, 0.05) is 27.8 Å². The first kappa shape index (κ1) is 31.6. The van der Waals surface area contributed by atoms with Gasteiger partial charge in [0.25, 0.3) is 0 Å². The highest BCUT2D eigenvalue weighted by Crippen LogP contribution is 2.43. The zero-order valence-electron chi connectivity index (χ0n) is 29.6. The van der Waals surface area contributed by atoms with Crippen LogP contribution in [0.1, 0.15) is 0 Å². The highest BCUT2D eigenvalue weighted by Gasteiger charge is 2.18. The van der Waals surface area contributed by atoms with Crippen molar-refractivity contribution in [1.29, 1.82) is 0 Å². The third kappa shape index (κ3) is 5.81. The Morgan fingerprint density at radius 1 is 0.296 bits per heavy atom. The summed E-state index contributed by atoms with van der Waals surface area (Å²) in [5, 5.41) is 4.68. The molecule has 2 nitrogen and oxygen atoms in total. The maximum absolute atomic E-state index is 6.57. The molecule has 0 bridgehead atoms. The molecule has 254 valence electrons. The van der Waals surface area contributed by atoms with Crippen LogP contribution in [-0.4, -0.2) is 0 Å². The second-order valence-electron chi connectivity index (χ2n) is 13.8. The molecule has 0 atom stereocenters. The van der Waals surface area contributed by atoms with E-state index in [4.69, 9.17) is 4.42 Å². The van der Waals surface area contributed by atoms with Gasteiger partial charge < -0.3 is 9.32 Å². The zero-order chi connectivity index (χ0) is 35.8. The largest absolute Gasteiger partial charge is 0.456 e. The van der Waals surface area contributed by atoms with E-state index in [2.05, 4.69) is 217 Å². The van der Waals surface area contributed by atoms with E-state index in [9.17, 15) is 0 Å². The van der Waals surface area contributed by atoms with Gasteiger partial charge in [0.05, 0.1) is 0 Å². The van der Waals surface area contributed by atoms with Gasteiger partial charge in [0.15, 0.2) is 0 Å². The Balaban J connectivity index is 1.12. The van der Waals surface area contributed by atoms with Crippen LogP contribution in [0.3, 0.4) is 0 Å². The minimum absolute atomic E-state index is 0.864. The maximum Gasteiger partial charge on any atom is 0.136 e. The third-order valence-corrected chi connectivity index (χ3v) is 10.4. The van der Waals surface area contributed by atoms with Gasteiger partial charge in [0.2, 0.25) is 0 Å². The molecule has 2 heteroatoms. The van der Waals surface area contributed by atoms with Gasteiger partial charge in [-0.3, -0.25) is 0 Å². The fraction of sp³-hybridized carbons (Fsp3) is 0. The lowest BCUT2D eigenvalue weighted by atomic mass is 9.91. The molecule has 0 N–H and O–H groups in total. The molecular formula is C52H35NO. The monoisotopic (exact) mass is 689 g/mol. The second-order valence-corrected chi connectivity index (χ2v) is 13.8. The van der Waals surface area contributed by atoms with Gasteiger partial charge in [-0.25, -0.2) is 0 Å². The molecule has 10 aromatic rings. The zero-order valence-corrected chi connectivity index (χ0v) is 29.6. The average Bonchev–Trinajstić information content (AvgIpc) is 3.63. The first-order valence-electron chi connectivity index (χ1n) is 18.4. The molecule has 54 heavy (non-hydrogen) atoms. The summed E-state index contributed by atoms with van der Waals surface area (Å²) in [6.07, 6.45) is 0. The van der Waals surface area contributed by atoms with Crippen LogP contribution in [0.5, 0.6) is 0 Å². The lowest BCUT2D eigenvalue weighted by molar-refractivity contribution is 0.669. The van der Waals surface area contributed by atoms with Crippen LogP contribution in [-0.2, 0) is 0 Å². The number of anilines is 3. The molecule has 1 heterocycles. The third-order valence-electron chi connectivity index (χ3n) is 10.4. The molecule has 0 unspecified atom stereocenters. The van der Waals surface area contributed by atoms with Crippen molar-refractivity contribution in [3.05, 3.63) is 212 Å². The normalized spacial score (nSPS) is 11.3. The van der Waals surface area contributed by atoms with Crippen molar-refractivity contribution in [3.63, 3.8) is 0 Å². The fourth-order valence-corrected chi connectivity index (χ4v) is 7.77. The van der Waals surface area contributed by atoms with Crippen LogP contribution in [0.2, 0.25) is 0 Å². The number of rotatable bonds is 7. The molecule has 9 aromatic carbocycles. The molecule has 0 aliphatic carbocycles. The van der Waals surface area contributed by atoms with Crippen molar-refractivity contribution < 1.29 is 4.42 Å². The Kier molecular flexibility index (Phi) is 7.85. The van der Waals surface area contributed by atoms with E-state index in [1.165, 1.54) is 44.2 Å². The topological polar surface area (TPSA) is 16.4 Å². The number of para-hydroxylation sites is 1. The molecule has 0 aliphatic rings. The highest BCUT2D eigenvalue weighted by atomic mass is 16.3. The van der Waals surface area contributed by atoms with E-state index < -0.39 is 0 Å². The minimum atomic E-state index is 0.864. The van der Waals surface area contributed by atoms with Crippen LogP contribution >= 0.6 is 0 Å². The van der Waals surface area contributed by atoms with Crippen molar-refractivity contribution in [3.8, 4) is 44.5 Å². The maximum atomic E-state index is 6.57. The highest BCUT2D eigenvalue weighted by molar-refractivity contribution is 6.14. The van der Waals surface area contributed by atoms with E-state index in [1.807, 2.05) is 0 Å². The van der Waals surface area contributed by atoms with Crippen molar-refractivity contribution in [2.45, 2.75) is 0 Å². The van der Waals surface area contributed by atoms with Crippen LogP contribution in [0.15, 0.2) is 217 Å². The summed E-state index contributed by atoms with van der Waals surface area (Å²) in [5.41, 5.74) is 14.4. The van der Waals surface area contributed by atoms with E-state index in [0.29, 0.717) is 0 Å². The molecule has 0 fully saturated rings. The average molecular weight is 690 g/mol. The number of hydrogen-bond acceptors (Lipinski definition) is 2. The number of fused-ring (bicyclic) bond motifs is 4. The summed E-state index contributed by atoms with van der Waals surface area (Å²) < 4.78 is 6.57. The van der Waals surface area contributed by atoms with Crippen molar-refractivity contribution in [2.75, 3.05) is 4.90 Å². The Hall–Kier alpha value is -7.16. The van der Waals surface area contributed by atoms with Gasteiger partial charge >= 0.3 is 0 Å². The number of benzene rings is 9. The fourth-order valence-electron chi connectivity index (χ4n) is 7.77. The molecular weight excluding hydrogens is 655 g/mol. The number of furan rings is 1. The Morgan fingerprint density at radius 3 is 1.56 bits per heavy atom. The first-order chi connectivity index (χ1) is 26.7. The quantitative estimate of drug-likeness (QED) is 0.166. The molecule has 0 aliphatic heterocycles. The molecule has 0 saturated carbocycles. The number of hydrogen-bond donors (Lipinski definition) is 0. The lowest BCUT2D eigenvalue weighted by Gasteiger charge is -2.25. The minimum Gasteiger partial charge on any atom is -0.456 e. The number of nitrogens with zero attached hydrogens (tertiary/aromatic N) is 1. The van der Waals surface area contributed by atoms with Crippen molar-refractivity contribution in [2.24, 2.45) is 0 Å². The van der Waals surface area contributed by atoms with Gasteiger partial charge in [-0.1, -0.05) is 140 Å². The summed E-state index contributed by atoms with van der Waals surface area (Å²) in [6.45, 7) is 0. The van der Waals surface area contributed by atoms with E-state index >= 15 is 0 Å². The first-order valence-corrected chi connectivity index (χ1v) is 18.4. The molecule has 10 rings (SSSR count). The molecule has 0 radical (unpaired) electrons. The summed E-state index contributed by atoms with van der Waals surface area (Å²) >= 11 is 0. The molecule has 1 aromatic heterocycles. The SMILES string of the molecule is c1ccc(-c2cc(-c3ccccc3)cc(-c3cccc4oc5ccc(N(c6ccccc6)c6ccc(-c7ccc8ccccc8c7)cc6)cc5c34)c2)cc1. The molecule has 0 spiro atoms. The predicted molar refractivity (Wildman–Crippen MR) is 228 cm³/mol. The molecule has 0 amide bonds. The Labute approximate surface area is 314 Å². The molecule has 0 saturated heterocycles. The summed E-state index contributed by atoms with van der Waals surface area (Å²) in [4.78, 5) is 2.33. The summed E-state index contributed by atoms with van der Waals surface area (Å²) in [5.74, 6) is 0. The standard InChI is InChI=1S/C52H35NO/c1-4-13-36(14-5-1)42-32-43(37-15-6-2-7-16-37)34-44(33-42)48-21-12-22-51-52(48)49-35-47(29-30-50(49)54-51)53(45-19-8-3-9-20-45)46-27-25-39(26-28-46)41-24-23-38-17-10-11-18-40(38)31-41/h1-35H. The van der Waals surface area contributed by atoms with Crippen LogP contribution in [0, 0.1) is 0 Å². The van der Waals surface area contributed by atoms with Gasteiger partial charge in [-0.05, 0) is 128 Å². The predicted octanol–water partition coefficient (Wildman–Crippen LogP) is 14.9. The van der Waals surface area contributed by atoms with Crippen molar-refractivity contribution >= 4 is 49.8 Å². The second kappa shape index (κ2) is 13.4. The van der Waals surface area contributed by atoms with E-state index in [-0.39, 0.29) is 0 Å². The lowest BCUT2D eigenvalue weighted by Crippen LogP contribution is -2.09. The Bertz CT molecular complexity index is 2850. The van der Waals surface area contributed by atoms with Crippen LogP contribution in [0.25, 0.3) is 77.2 Å². The van der Waals surface area contributed by atoms with E-state index in [1.54, 1.807) is 0 Å². The summed E-state index contributed by atoms with van der Waals surface area (Å²) in [7, 11) is 0. The Morgan fingerprint density at radius 2 is 0.852 bits per heavy atom. The smallest absolute Gasteiger partial charge is 0.136 e. The van der Waals surface area contributed by atoms with Crippen molar-refractivity contribution in [1.82, 2.24) is 0 Å².